The van der Waals surface area contributed by atoms with E-state index in [2.05, 4.69) is 24.1 Å². The SMILES string of the molecule is COc1ccccc1-c1csc(NC(=O)c2ccc(S(=O)(=O)N3C[C@H](C)C[C@@H](C)C3)cc2)n1. The third-order valence-corrected chi connectivity index (χ3v) is 8.30. The van der Waals surface area contributed by atoms with Gasteiger partial charge in [-0.15, -0.1) is 11.3 Å². The zero-order valence-electron chi connectivity index (χ0n) is 18.8. The Bertz CT molecular complexity index is 1230. The van der Waals surface area contributed by atoms with Crippen molar-refractivity contribution in [2.45, 2.75) is 25.2 Å². The monoisotopic (exact) mass is 485 g/mol. The Morgan fingerprint density at radius 3 is 2.42 bits per heavy atom. The number of aromatic nitrogens is 1. The maximum Gasteiger partial charge on any atom is 0.257 e. The van der Waals surface area contributed by atoms with Crippen molar-refractivity contribution < 1.29 is 17.9 Å². The van der Waals surface area contributed by atoms with Crippen LogP contribution >= 0.6 is 11.3 Å². The first kappa shape index (κ1) is 23.4. The minimum Gasteiger partial charge on any atom is -0.496 e. The van der Waals surface area contributed by atoms with Crippen molar-refractivity contribution in [2.75, 3.05) is 25.5 Å². The molecule has 0 bridgehead atoms. The van der Waals surface area contributed by atoms with Crippen LogP contribution in [0.4, 0.5) is 5.13 Å². The van der Waals surface area contributed by atoms with Crippen molar-refractivity contribution in [3.05, 3.63) is 59.5 Å². The highest BCUT2D eigenvalue weighted by atomic mass is 32.2. The molecule has 1 saturated heterocycles. The molecule has 0 aliphatic carbocycles. The highest BCUT2D eigenvalue weighted by molar-refractivity contribution is 7.89. The molecule has 1 N–H and O–H groups in total. The van der Waals surface area contributed by atoms with Gasteiger partial charge in [0.1, 0.15) is 5.75 Å². The number of rotatable bonds is 6. The van der Waals surface area contributed by atoms with Crippen LogP contribution in [-0.2, 0) is 10.0 Å². The average molecular weight is 486 g/mol. The van der Waals surface area contributed by atoms with Gasteiger partial charge in [-0.2, -0.15) is 4.31 Å². The summed E-state index contributed by atoms with van der Waals surface area (Å²) in [5.41, 5.74) is 1.91. The van der Waals surface area contributed by atoms with E-state index < -0.39 is 10.0 Å². The molecule has 2 aromatic carbocycles. The Balaban J connectivity index is 1.47. The molecule has 1 amide bonds. The number of nitrogens with one attached hydrogen (secondary N) is 1. The van der Waals surface area contributed by atoms with Crippen molar-refractivity contribution in [2.24, 2.45) is 11.8 Å². The molecule has 0 radical (unpaired) electrons. The lowest BCUT2D eigenvalue weighted by Gasteiger charge is -2.34. The smallest absolute Gasteiger partial charge is 0.257 e. The predicted molar refractivity (Wildman–Crippen MR) is 130 cm³/mol. The van der Waals surface area contributed by atoms with Crippen LogP contribution in [0.3, 0.4) is 0 Å². The van der Waals surface area contributed by atoms with Crippen LogP contribution in [0.15, 0.2) is 58.8 Å². The van der Waals surface area contributed by atoms with Gasteiger partial charge < -0.3 is 4.74 Å². The maximum atomic E-state index is 13.0. The molecule has 1 aliphatic heterocycles. The second-order valence-electron chi connectivity index (χ2n) is 8.48. The van der Waals surface area contributed by atoms with E-state index in [1.165, 1.54) is 35.6 Å². The molecule has 0 saturated carbocycles. The third kappa shape index (κ3) is 5.10. The van der Waals surface area contributed by atoms with Crippen LogP contribution in [0.1, 0.15) is 30.6 Å². The van der Waals surface area contributed by atoms with E-state index in [1.807, 2.05) is 29.6 Å². The van der Waals surface area contributed by atoms with E-state index in [1.54, 1.807) is 11.4 Å². The molecule has 33 heavy (non-hydrogen) atoms. The summed E-state index contributed by atoms with van der Waals surface area (Å²) in [6, 6.07) is 13.6. The highest BCUT2D eigenvalue weighted by Gasteiger charge is 2.31. The number of methoxy groups -OCH3 is 1. The summed E-state index contributed by atoms with van der Waals surface area (Å²) >= 11 is 1.31. The number of hydrogen-bond acceptors (Lipinski definition) is 6. The van der Waals surface area contributed by atoms with Gasteiger partial charge in [0.15, 0.2) is 5.13 Å². The van der Waals surface area contributed by atoms with Gasteiger partial charge in [-0.05, 0) is 54.7 Å². The van der Waals surface area contributed by atoms with Crippen LogP contribution in [0.5, 0.6) is 5.75 Å². The van der Waals surface area contributed by atoms with Gasteiger partial charge in [0.05, 0.1) is 17.7 Å². The number of para-hydroxylation sites is 1. The molecule has 1 aliphatic rings. The first-order valence-corrected chi connectivity index (χ1v) is 13.1. The lowest BCUT2D eigenvalue weighted by atomic mass is 9.94. The quantitative estimate of drug-likeness (QED) is 0.545. The Labute approximate surface area is 198 Å². The number of piperidine rings is 1. The first-order valence-electron chi connectivity index (χ1n) is 10.8. The van der Waals surface area contributed by atoms with Gasteiger partial charge in [0.2, 0.25) is 10.0 Å². The van der Waals surface area contributed by atoms with Gasteiger partial charge >= 0.3 is 0 Å². The standard InChI is InChI=1S/C24H27N3O4S2/c1-16-12-17(2)14-27(13-16)33(29,30)19-10-8-18(9-11-19)23(28)26-24-25-21(15-32-24)20-6-4-5-7-22(20)31-3/h4-11,15-17H,12-14H2,1-3H3,(H,25,26,28)/t16-,17-/m1/s1. The third-order valence-electron chi connectivity index (χ3n) is 5.70. The van der Waals surface area contributed by atoms with E-state index in [-0.39, 0.29) is 10.8 Å². The summed E-state index contributed by atoms with van der Waals surface area (Å²) in [5.74, 6) is 1.01. The van der Waals surface area contributed by atoms with Crippen LogP contribution in [0.2, 0.25) is 0 Å². The van der Waals surface area contributed by atoms with E-state index in [0.29, 0.717) is 47.1 Å². The molecule has 2 heterocycles. The van der Waals surface area contributed by atoms with Crippen molar-refractivity contribution >= 4 is 32.4 Å². The van der Waals surface area contributed by atoms with Crippen molar-refractivity contribution in [3.63, 3.8) is 0 Å². The van der Waals surface area contributed by atoms with Gasteiger partial charge in [-0.3, -0.25) is 10.1 Å². The number of amides is 1. The molecule has 1 fully saturated rings. The van der Waals surface area contributed by atoms with Crippen molar-refractivity contribution in [1.29, 1.82) is 0 Å². The van der Waals surface area contributed by atoms with Gasteiger partial charge in [-0.1, -0.05) is 26.0 Å². The zero-order valence-corrected chi connectivity index (χ0v) is 20.4. The Morgan fingerprint density at radius 1 is 1.09 bits per heavy atom. The van der Waals surface area contributed by atoms with E-state index in [9.17, 15) is 13.2 Å². The molecule has 9 heteroatoms. The number of benzene rings is 2. The largest absolute Gasteiger partial charge is 0.496 e. The molecule has 0 unspecified atom stereocenters. The fourth-order valence-corrected chi connectivity index (χ4v) is 6.59. The Morgan fingerprint density at radius 2 is 1.76 bits per heavy atom. The number of anilines is 1. The first-order chi connectivity index (χ1) is 15.8. The van der Waals surface area contributed by atoms with Crippen LogP contribution in [0, 0.1) is 11.8 Å². The molecule has 1 aromatic heterocycles. The van der Waals surface area contributed by atoms with Gasteiger partial charge in [-0.25, -0.2) is 13.4 Å². The van der Waals surface area contributed by atoms with Crippen molar-refractivity contribution in [1.82, 2.24) is 9.29 Å². The van der Waals surface area contributed by atoms with Crippen LogP contribution in [-0.4, -0.2) is 43.8 Å². The van der Waals surface area contributed by atoms with E-state index in [4.69, 9.17) is 4.74 Å². The van der Waals surface area contributed by atoms with Gasteiger partial charge in [0, 0.05) is 29.6 Å². The normalized spacial score (nSPS) is 19.2. The van der Waals surface area contributed by atoms with Gasteiger partial charge in [0.25, 0.3) is 5.91 Å². The Hall–Kier alpha value is -2.75. The second-order valence-corrected chi connectivity index (χ2v) is 11.3. The summed E-state index contributed by atoms with van der Waals surface area (Å²) in [7, 11) is -1.98. The summed E-state index contributed by atoms with van der Waals surface area (Å²) in [6.45, 7) is 5.19. The zero-order chi connectivity index (χ0) is 23.6. The van der Waals surface area contributed by atoms with Crippen molar-refractivity contribution in [3.8, 4) is 17.0 Å². The second kappa shape index (κ2) is 9.62. The number of nitrogens with zero attached hydrogens (tertiary/aromatic N) is 2. The Kier molecular flexibility index (Phi) is 6.83. The molecule has 4 rings (SSSR count). The molecule has 0 spiro atoms. The van der Waals surface area contributed by atoms with Crippen LogP contribution < -0.4 is 10.1 Å². The number of carbonyl (C=O) groups excluding carboxylic acids is 1. The lowest BCUT2D eigenvalue weighted by molar-refractivity contribution is 0.102. The minimum atomic E-state index is -3.58. The minimum absolute atomic E-state index is 0.202. The van der Waals surface area contributed by atoms with E-state index in [0.717, 1.165) is 12.0 Å². The molecular formula is C24H27N3O4S2. The molecule has 3 aromatic rings. The topological polar surface area (TPSA) is 88.6 Å². The molecular weight excluding hydrogens is 458 g/mol. The number of hydrogen-bond donors (Lipinski definition) is 1. The fourth-order valence-electron chi connectivity index (χ4n) is 4.21. The highest BCUT2D eigenvalue weighted by Crippen LogP contribution is 2.32. The lowest BCUT2D eigenvalue weighted by Crippen LogP contribution is -2.42. The summed E-state index contributed by atoms with van der Waals surface area (Å²) in [6.07, 6.45) is 1.03. The van der Waals surface area contributed by atoms with E-state index >= 15 is 0 Å². The van der Waals surface area contributed by atoms with Crippen LogP contribution in [0.25, 0.3) is 11.3 Å². The molecule has 7 nitrogen and oxygen atoms in total. The fraction of sp³-hybridized carbons (Fsp3) is 0.333. The number of sulfonamides is 1. The summed E-state index contributed by atoms with van der Waals surface area (Å²) < 4.78 is 33.0. The summed E-state index contributed by atoms with van der Waals surface area (Å²) in [5, 5.41) is 5.09. The molecule has 174 valence electrons. The number of ether oxygens (including phenoxy) is 1. The maximum absolute atomic E-state index is 13.0. The molecule has 2 atom stereocenters. The predicted octanol–water partition coefficient (Wildman–Crippen LogP) is 4.74. The summed E-state index contributed by atoms with van der Waals surface area (Å²) in [4.78, 5) is 17.4. The average Bonchev–Trinajstić information content (AvgIpc) is 3.26. The number of carbonyl (C=O) groups is 1. The number of thiazole rings is 1.